The van der Waals surface area contributed by atoms with Crippen molar-refractivity contribution in [2.45, 2.75) is 18.4 Å². The first-order chi connectivity index (χ1) is 16.0. The van der Waals surface area contributed by atoms with Crippen molar-refractivity contribution in [3.63, 3.8) is 0 Å². The van der Waals surface area contributed by atoms with Crippen LogP contribution < -0.4 is 5.32 Å². The smallest absolute Gasteiger partial charge is 0.407 e. The quantitative estimate of drug-likeness (QED) is 0.701. The van der Waals surface area contributed by atoms with Crippen molar-refractivity contribution in [1.29, 1.82) is 0 Å². The number of hydrogen-bond donors (Lipinski definition) is 2. The van der Waals surface area contributed by atoms with E-state index >= 15 is 0 Å². The maximum Gasteiger partial charge on any atom is 0.407 e. The summed E-state index contributed by atoms with van der Waals surface area (Å²) in [6.45, 7) is 2.35. The van der Waals surface area contributed by atoms with Gasteiger partial charge in [0.05, 0.1) is 19.6 Å². The Kier molecular flexibility index (Phi) is 5.76. The van der Waals surface area contributed by atoms with E-state index in [0.717, 1.165) is 22.3 Å². The fourth-order valence-corrected chi connectivity index (χ4v) is 5.24. The third-order valence-electron chi connectivity index (χ3n) is 6.86. The van der Waals surface area contributed by atoms with Gasteiger partial charge in [0.2, 0.25) is 5.91 Å². The van der Waals surface area contributed by atoms with E-state index in [9.17, 15) is 19.5 Å². The molecular weight excluding hydrogens is 424 g/mol. The summed E-state index contributed by atoms with van der Waals surface area (Å²) in [7, 11) is 0. The first-order valence-electron chi connectivity index (χ1n) is 11.2. The van der Waals surface area contributed by atoms with E-state index in [-0.39, 0.29) is 30.3 Å². The van der Waals surface area contributed by atoms with Gasteiger partial charge in [0.1, 0.15) is 12.6 Å². The molecule has 3 atom stereocenters. The Labute approximate surface area is 191 Å². The number of benzene rings is 2. The molecular formula is C25H26N2O6. The third kappa shape index (κ3) is 4.18. The van der Waals surface area contributed by atoms with Gasteiger partial charge >= 0.3 is 12.1 Å². The molecule has 0 radical (unpaired) electrons. The molecule has 2 aliphatic heterocycles. The molecule has 0 bridgehead atoms. The average molecular weight is 450 g/mol. The number of fused-ring (bicyclic) bond motifs is 4. The largest absolute Gasteiger partial charge is 0.481 e. The van der Waals surface area contributed by atoms with Crippen LogP contribution in [0.25, 0.3) is 11.1 Å². The number of carbonyl (C=O) groups is 3. The molecule has 2 N–H and O–H groups in total. The zero-order valence-corrected chi connectivity index (χ0v) is 18.1. The first-order valence-corrected chi connectivity index (χ1v) is 11.2. The number of carboxylic acids is 1. The molecule has 2 aromatic rings. The summed E-state index contributed by atoms with van der Waals surface area (Å²) in [5.74, 6) is -1.12. The van der Waals surface area contributed by atoms with Gasteiger partial charge in [0.25, 0.3) is 0 Å². The molecule has 2 aromatic carbocycles. The van der Waals surface area contributed by atoms with E-state index in [2.05, 4.69) is 5.32 Å². The number of ether oxygens (including phenoxy) is 2. The van der Waals surface area contributed by atoms with Crippen molar-refractivity contribution >= 4 is 18.0 Å². The lowest BCUT2D eigenvalue weighted by Gasteiger charge is -2.24. The zero-order chi connectivity index (χ0) is 22.9. The van der Waals surface area contributed by atoms with Crippen LogP contribution in [-0.2, 0) is 19.1 Å². The molecule has 0 saturated carbocycles. The van der Waals surface area contributed by atoms with Crippen LogP contribution in [0.3, 0.4) is 0 Å². The van der Waals surface area contributed by atoms with E-state index in [1.54, 1.807) is 4.90 Å². The second kappa shape index (κ2) is 8.86. The van der Waals surface area contributed by atoms with E-state index in [4.69, 9.17) is 9.47 Å². The fraction of sp³-hybridized carbons (Fsp3) is 0.400. The number of amides is 2. The van der Waals surface area contributed by atoms with Gasteiger partial charge in [0.15, 0.2) is 0 Å². The molecule has 8 heteroatoms. The third-order valence-corrected chi connectivity index (χ3v) is 6.86. The Morgan fingerprint density at radius 1 is 1.00 bits per heavy atom. The Hall–Kier alpha value is -3.39. The summed E-state index contributed by atoms with van der Waals surface area (Å²) >= 11 is 0. The molecule has 33 heavy (non-hydrogen) atoms. The number of rotatable bonds is 6. The van der Waals surface area contributed by atoms with Crippen molar-refractivity contribution in [2.24, 2.45) is 11.8 Å². The van der Waals surface area contributed by atoms with E-state index in [1.807, 2.05) is 48.5 Å². The number of likely N-dealkylation sites (tertiary alicyclic amines) is 1. The second-order valence-electron chi connectivity index (χ2n) is 8.92. The number of nitrogens with zero attached hydrogens (tertiary/aromatic N) is 1. The molecule has 1 aliphatic carbocycles. The standard InChI is InChI=1S/C25H26N2O6/c28-23(29)9-22(24(30)27-10-15-12-32-13-16(15)11-27)26-25(31)33-14-21-19-7-3-1-5-17(19)18-6-2-4-8-20(18)21/h1-8,15-16,21-22H,9-14H2,(H,26,31)(H,28,29)/t15-,16+,22?. The highest BCUT2D eigenvalue weighted by atomic mass is 16.5. The average Bonchev–Trinajstić information content (AvgIpc) is 3.49. The number of nitrogens with one attached hydrogen (secondary N) is 1. The molecule has 0 spiro atoms. The van der Waals surface area contributed by atoms with Crippen LogP contribution in [0.2, 0.25) is 0 Å². The van der Waals surface area contributed by atoms with Crippen LogP contribution in [0.5, 0.6) is 0 Å². The van der Waals surface area contributed by atoms with Crippen molar-refractivity contribution < 1.29 is 29.0 Å². The summed E-state index contributed by atoms with van der Waals surface area (Å²) in [5.41, 5.74) is 4.39. The lowest BCUT2D eigenvalue weighted by atomic mass is 9.98. The predicted molar refractivity (Wildman–Crippen MR) is 119 cm³/mol. The predicted octanol–water partition coefficient (Wildman–Crippen LogP) is 2.47. The first kappa shape index (κ1) is 21.5. The van der Waals surface area contributed by atoms with Crippen LogP contribution in [0, 0.1) is 11.8 Å². The van der Waals surface area contributed by atoms with Gasteiger partial charge in [-0.25, -0.2) is 4.79 Å². The summed E-state index contributed by atoms with van der Waals surface area (Å²) < 4.78 is 10.9. The van der Waals surface area contributed by atoms with Crippen LogP contribution in [-0.4, -0.2) is 66.9 Å². The van der Waals surface area contributed by atoms with Gasteiger partial charge in [-0.15, -0.1) is 0 Å². The highest BCUT2D eigenvalue weighted by Gasteiger charge is 2.41. The molecule has 2 fully saturated rings. The number of carbonyl (C=O) groups excluding carboxylic acids is 2. The highest BCUT2D eigenvalue weighted by molar-refractivity contribution is 5.89. The van der Waals surface area contributed by atoms with Crippen molar-refractivity contribution in [3.05, 3.63) is 59.7 Å². The molecule has 0 aromatic heterocycles. The summed E-state index contributed by atoms with van der Waals surface area (Å²) in [6, 6.07) is 14.8. The van der Waals surface area contributed by atoms with E-state index in [1.165, 1.54) is 0 Å². The van der Waals surface area contributed by atoms with Crippen LogP contribution in [0.1, 0.15) is 23.5 Å². The molecule has 5 rings (SSSR count). The Bertz CT molecular complexity index is 1030. The Balaban J connectivity index is 1.24. The van der Waals surface area contributed by atoms with Crippen molar-refractivity contribution in [2.75, 3.05) is 32.9 Å². The lowest BCUT2D eigenvalue weighted by molar-refractivity contribution is -0.142. The van der Waals surface area contributed by atoms with Crippen molar-refractivity contribution in [3.8, 4) is 11.1 Å². The fourth-order valence-electron chi connectivity index (χ4n) is 5.24. The van der Waals surface area contributed by atoms with Gasteiger partial charge in [-0.1, -0.05) is 48.5 Å². The van der Waals surface area contributed by atoms with Gasteiger partial charge in [-0.05, 0) is 22.3 Å². The van der Waals surface area contributed by atoms with E-state index in [0.29, 0.717) is 26.3 Å². The summed E-state index contributed by atoms with van der Waals surface area (Å²) in [5, 5.41) is 11.8. The topological polar surface area (TPSA) is 105 Å². The molecule has 2 saturated heterocycles. The lowest BCUT2D eigenvalue weighted by Crippen LogP contribution is -2.49. The molecule has 2 amide bonds. The maximum atomic E-state index is 13.0. The molecule has 2 heterocycles. The Morgan fingerprint density at radius 2 is 1.58 bits per heavy atom. The SMILES string of the molecule is O=C(O)CC(NC(=O)OCC1c2ccccc2-c2ccccc21)C(=O)N1C[C@H]2COC[C@H]2C1. The number of hydrogen-bond acceptors (Lipinski definition) is 5. The Morgan fingerprint density at radius 3 is 2.15 bits per heavy atom. The molecule has 172 valence electrons. The van der Waals surface area contributed by atoms with Crippen LogP contribution >= 0.6 is 0 Å². The highest BCUT2D eigenvalue weighted by Crippen LogP contribution is 2.44. The summed E-state index contributed by atoms with van der Waals surface area (Å²) in [4.78, 5) is 38.6. The minimum Gasteiger partial charge on any atom is -0.481 e. The molecule has 8 nitrogen and oxygen atoms in total. The molecule has 1 unspecified atom stereocenters. The molecule has 3 aliphatic rings. The van der Waals surface area contributed by atoms with Gasteiger partial charge in [-0.3, -0.25) is 9.59 Å². The minimum atomic E-state index is -1.17. The normalized spacial score (nSPS) is 21.8. The maximum absolute atomic E-state index is 13.0. The zero-order valence-electron chi connectivity index (χ0n) is 18.1. The van der Waals surface area contributed by atoms with Crippen LogP contribution in [0.15, 0.2) is 48.5 Å². The summed E-state index contributed by atoms with van der Waals surface area (Å²) in [6.07, 6.45) is -1.29. The van der Waals surface area contributed by atoms with Crippen LogP contribution in [0.4, 0.5) is 4.79 Å². The van der Waals surface area contributed by atoms with Crippen molar-refractivity contribution in [1.82, 2.24) is 10.2 Å². The van der Waals surface area contributed by atoms with Gasteiger partial charge < -0.3 is 24.8 Å². The monoisotopic (exact) mass is 450 g/mol. The number of alkyl carbamates (subject to hydrolysis) is 1. The number of carboxylic acid groups (broad SMARTS) is 1. The second-order valence-corrected chi connectivity index (χ2v) is 8.92. The minimum absolute atomic E-state index is 0.0963. The van der Waals surface area contributed by atoms with E-state index < -0.39 is 24.5 Å². The number of aliphatic carboxylic acids is 1. The van der Waals surface area contributed by atoms with Gasteiger partial charge in [-0.2, -0.15) is 0 Å². The van der Waals surface area contributed by atoms with Gasteiger partial charge in [0, 0.05) is 30.8 Å².